The summed E-state index contributed by atoms with van der Waals surface area (Å²) < 4.78 is 45.6. The number of fused-ring (bicyclic) bond motifs is 3. The van der Waals surface area contributed by atoms with Crippen molar-refractivity contribution < 1.29 is 46.9 Å². The first-order valence-electron chi connectivity index (χ1n) is 19.1. The van der Waals surface area contributed by atoms with Crippen molar-refractivity contribution in [3.8, 4) is 11.6 Å². The van der Waals surface area contributed by atoms with Crippen LogP contribution in [0.2, 0.25) is 0 Å². The van der Waals surface area contributed by atoms with Crippen molar-refractivity contribution in [2.75, 3.05) is 44.9 Å². The highest BCUT2D eigenvalue weighted by Crippen LogP contribution is 2.46. The predicted octanol–water partition coefficient (Wildman–Crippen LogP) is 2.56. The average Bonchev–Trinajstić information content (AvgIpc) is 4.08. The van der Waals surface area contributed by atoms with E-state index >= 15 is 0 Å². The zero-order valence-corrected chi connectivity index (χ0v) is 32.2. The number of ether oxygens (including phenoxy) is 3. The van der Waals surface area contributed by atoms with Gasteiger partial charge in [-0.15, -0.1) is 0 Å². The number of methoxy groups -OCH3 is 1. The van der Waals surface area contributed by atoms with Crippen molar-refractivity contribution in [3.05, 3.63) is 36.4 Å². The van der Waals surface area contributed by atoms with Gasteiger partial charge in [-0.25, -0.2) is 13.2 Å². The van der Waals surface area contributed by atoms with Crippen LogP contribution in [0.15, 0.2) is 36.4 Å². The lowest BCUT2D eigenvalue weighted by molar-refractivity contribution is -0.142. The molecule has 5 aliphatic rings. The monoisotopic (exact) mass is 782 g/mol. The SMILES string of the molecule is COc1ccc2c(O[C@@H]3C[C@H]4C(=O)N[C@]5(C(=O)NS(=O)(=O)C6CC6)C[C@H]5/C=C\CC[C@H](C)C[C@@H](C)[C@H](NC(=O)O)C(=O)N4C3)nc(N3CCOCC3)cc2c1. The van der Waals surface area contributed by atoms with Gasteiger partial charge in [0.05, 0.1) is 32.1 Å². The van der Waals surface area contributed by atoms with E-state index in [-0.39, 0.29) is 31.2 Å². The Hall–Kier alpha value is -4.64. The minimum absolute atomic E-state index is 0.00182. The molecule has 3 aliphatic heterocycles. The Morgan fingerprint density at radius 1 is 1.09 bits per heavy atom. The Morgan fingerprint density at radius 2 is 1.85 bits per heavy atom. The third kappa shape index (κ3) is 8.32. The molecule has 298 valence electrons. The maximum atomic E-state index is 14.5. The van der Waals surface area contributed by atoms with Crippen LogP contribution in [0.4, 0.5) is 10.6 Å². The smallest absolute Gasteiger partial charge is 0.405 e. The summed E-state index contributed by atoms with van der Waals surface area (Å²) in [6, 6.07) is 5.11. The number of carboxylic acid groups (broad SMARTS) is 1. The maximum Gasteiger partial charge on any atom is 0.405 e. The van der Waals surface area contributed by atoms with E-state index in [4.69, 9.17) is 19.2 Å². The Labute approximate surface area is 320 Å². The fraction of sp³-hybridized carbons (Fsp3) is 0.605. The number of sulfonamides is 1. The van der Waals surface area contributed by atoms with Crippen LogP contribution in [0.25, 0.3) is 10.8 Å². The molecule has 2 saturated heterocycles. The van der Waals surface area contributed by atoms with Crippen LogP contribution in [-0.2, 0) is 29.1 Å². The highest BCUT2D eigenvalue weighted by Gasteiger charge is 2.62. The Balaban J connectivity index is 1.23. The number of rotatable bonds is 8. The predicted molar refractivity (Wildman–Crippen MR) is 201 cm³/mol. The van der Waals surface area contributed by atoms with Crippen LogP contribution in [-0.4, -0.2) is 116 Å². The van der Waals surface area contributed by atoms with Crippen molar-refractivity contribution >= 4 is 50.4 Å². The standard InChI is InChI=1S/C38H50N6O10S/c1-22-6-4-5-7-25-20-38(25,36(47)42-55(50,51)28-9-10-28)41-33(45)30-19-27(21-44(30)35(46)32(23(2)16-22)40-37(48)49)54-34-29-11-8-26(52-3)17-24(29)18-31(39-34)43-12-14-53-15-13-43/h5,7-8,11,17-18,22-23,25,27-28,30,32,40H,4,6,9-10,12-16,19-21H2,1-3H3,(H,41,45)(H,42,47)(H,48,49)/b7-5-/t22-,23+,25+,27+,30-,32-,38+/m0/s1. The first-order chi connectivity index (χ1) is 26.3. The lowest BCUT2D eigenvalue weighted by Gasteiger charge is -2.32. The molecule has 4 fully saturated rings. The van der Waals surface area contributed by atoms with E-state index in [1.54, 1.807) is 13.2 Å². The maximum absolute atomic E-state index is 14.5. The first kappa shape index (κ1) is 38.6. The summed E-state index contributed by atoms with van der Waals surface area (Å²) in [6.07, 6.45) is 4.69. The van der Waals surface area contributed by atoms with Crippen molar-refractivity contribution in [1.29, 1.82) is 0 Å². The number of nitrogens with one attached hydrogen (secondary N) is 3. The Bertz CT molecular complexity index is 1970. The number of amides is 4. The van der Waals surface area contributed by atoms with Crippen molar-refractivity contribution in [3.63, 3.8) is 0 Å². The van der Waals surface area contributed by atoms with Crippen LogP contribution in [0.1, 0.15) is 58.8 Å². The molecule has 7 rings (SSSR count). The van der Waals surface area contributed by atoms with Gasteiger partial charge in [0.25, 0.3) is 5.91 Å². The largest absolute Gasteiger partial charge is 0.497 e. The van der Waals surface area contributed by atoms with Crippen LogP contribution >= 0.6 is 0 Å². The molecule has 4 amide bonds. The quantitative estimate of drug-likeness (QED) is 0.285. The Morgan fingerprint density at radius 3 is 2.56 bits per heavy atom. The van der Waals surface area contributed by atoms with Crippen molar-refractivity contribution in [2.45, 2.75) is 87.8 Å². The van der Waals surface area contributed by atoms with Gasteiger partial charge in [0.2, 0.25) is 27.7 Å². The number of nitrogens with zero attached hydrogens (tertiary/aromatic N) is 3. The molecule has 2 aromatic rings. The summed E-state index contributed by atoms with van der Waals surface area (Å²) in [7, 11) is -2.33. The van der Waals surface area contributed by atoms with E-state index in [1.165, 1.54) is 4.90 Å². The molecule has 0 bridgehead atoms. The molecule has 0 spiro atoms. The summed E-state index contributed by atoms with van der Waals surface area (Å²) >= 11 is 0. The van der Waals surface area contributed by atoms with Gasteiger partial charge in [0.15, 0.2) is 0 Å². The lowest BCUT2D eigenvalue weighted by atomic mass is 9.88. The summed E-state index contributed by atoms with van der Waals surface area (Å²) in [5, 5.41) is 16.0. The fourth-order valence-corrected chi connectivity index (χ4v) is 9.51. The minimum atomic E-state index is -3.92. The molecule has 1 aromatic heterocycles. The number of hydrogen-bond donors (Lipinski definition) is 4. The molecule has 2 aliphatic carbocycles. The van der Waals surface area contributed by atoms with E-state index in [0.29, 0.717) is 68.9 Å². The number of morpholine rings is 1. The van der Waals surface area contributed by atoms with Crippen LogP contribution in [0.3, 0.4) is 0 Å². The molecule has 0 unspecified atom stereocenters. The fourth-order valence-electron chi connectivity index (χ4n) is 8.15. The Kier molecular flexibility index (Phi) is 10.9. The number of pyridine rings is 1. The minimum Gasteiger partial charge on any atom is -0.497 e. The van der Waals surface area contributed by atoms with E-state index in [2.05, 4.69) is 20.3 Å². The molecule has 16 nitrogen and oxygen atoms in total. The van der Waals surface area contributed by atoms with Gasteiger partial charge >= 0.3 is 6.09 Å². The molecular weight excluding hydrogens is 733 g/mol. The number of carbonyl (C=O) groups excluding carboxylic acids is 3. The van der Waals surface area contributed by atoms with Gasteiger partial charge < -0.3 is 39.8 Å². The molecule has 1 aromatic carbocycles. The average molecular weight is 783 g/mol. The zero-order chi connectivity index (χ0) is 39.1. The molecule has 17 heteroatoms. The van der Waals surface area contributed by atoms with E-state index in [0.717, 1.165) is 11.8 Å². The summed E-state index contributed by atoms with van der Waals surface area (Å²) in [6.45, 7) is 6.10. The molecule has 7 atom stereocenters. The summed E-state index contributed by atoms with van der Waals surface area (Å²) in [5.41, 5.74) is -1.54. The third-order valence-electron chi connectivity index (χ3n) is 11.5. The third-order valence-corrected chi connectivity index (χ3v) is 13.3. The molecule has 4 heterocycles. The molecule has 2 saturated carbocycles. The first-order valence-corrected chi connectivity index (χ1v) is 20.7. The van der Waals surface area contributed by atoms with Gasteiger partial charge in [0, 0.05) is 30.8 Å². The second-order valence-corrected chi connectivity index (χ2v) is 17.6. The molecular formula is C38H50N6O10S. The molecule has 0 radical (unpaired) electrons. The van der Waals surface area contributed by atoms with Gasteiger partial charge in [0.1, 0.15) is 35.3 Å². The van der Waals surface area contributed by atoms with Crippen molar-refractivity contribution in [2.24, 2.45) is 17.8 Å². The number of allylic oxidation sites excluding steroid dienone is 1. The topological polar surface area (TPSA) is 206 Å². The van der Waals surface area contributed by atoms with Crippen molar-refractivity contribution in [1.82, 2.24) is 25.2 Å². The summed E-state index contributed by atoms with van der Waals surface area (Å²) in [5.74, 6) is -1.22. The normalized spacial score (nSPS) is 30.9. The number of carbonyl (C=O) groups is 4. The number of benzene rings is 1. The number of aromatic nitrogens is 1. The zero-order valence-electron chi connectivity index (χ0n) is 31.4. The van der Waals surface area contributed by atoms with E-state index < -0.39 is 74.7 Å². The highest BCUT2D eigenvalue weighted by molar-refractivity contribution is 7.91. The van der Waals surface area contributed by atoms with Gasteiger partial charge in [-0.05, 0) is 80.0 Å². The number of hydrogen-bond acceptors (Lipinski definition) is 11. The second-order valence-electron chi connectivity index (χ2n) is 15.7. The molecule has 4 N–H and O–H groups in total. The highest BCUT2D eigenvalue weighted by atomic mass is 32.2. The second kappa shape index (κ2) is 15.5. The van der Waals surface area contributed by atoms with E-state index in [1.807, 2.05) is 44.2 Å². The number of anilines is 1. The van der Waals surface area contributed by atoms with Crippen LogP contribution in [0.5, 0.6) is 11.6 Å². The van der Waals surface area contributed by atoms with Gasteiger partial charge in [-0.1, -0.05) is 26.0 Å². The van der Waals surface area contributed by atoms with Crippen LogP contribution < -0.4 is 29.7 Å². The van der Waals surface area contributed by atoms with Gasteiger partial charge in [-0.3, -0.25) is 19.1 Å². The van der Waals surface area contributed by atoms with Crippen LogP contribution in [0, 0.1) is 17.8 Å². The molecule has 55 heavy (non-hydrogen) atoms. The summed E-state index contributed by atoms with van der Waals surface area (Å²) in [4.78, 5) is 63.1. The van der Waals surface area contributed by atoms with Gasteiger partial charge in [-0.2, -0.15) is 4.98 Å². The lowest BCUT2D eigenvalue weighted by Crippen LogP contribution is -2.59. The van der Waals surface area contributed by atoms with E-state index in [9.17, 15) is 32.7 Å².